The Bertz CT molecular complexity index is 1390. The van der Waals surface area contributed by atoms with Crippen LogP contribution in [0.1, 0.15) is 10.4 Å². The summed E-state index contributed by atoms with van der Waals surface area (Å²) in [5.41, 5.74) is -0.116. The van der Waals surface area contributed by atoms with E-state index in [0.717, 1.165) is 24.3 Å². The number of hydrogen-bond acceptors (Lipinski definition) is 5. The zero-order valence-electron chi connectivity index (χ0n) is 17.4. The van der Waals surface area contributed by atoms with Crippen molar-refractivity contribution in [2.45, 2.75) is 4.90 Å². The first-order chi connectivity index (χ1) is 16.0. The number of benzene rings is 3. The standard InChI is InChI=1S/C21H15Cl4FN2O5S/c1-32-18-9-19(33-2)17(8-14(18)24)28-34(30,31)20-6-11(12(22)7-15(20)25)21(29)27-16-4-3-10(26)5-13(16)23/h3-9,28H,1-2H3,(H,27,29). The molecule has 2 N–H and O–H groups in total. The summed E-state index contributed by atoms with van der Waals surface area (Å²) in [4.78, 5) is 12.3. The van der Waals surface area contributed by atoms with Gasteiger partial charge in [-0.25, -0.2) is 12.8 Å². The molecular weight excluding hydrogens is 553 g/mol. The molecule has 3 aromatic carbocycles. The molecule has 0 heterocycles. The SMILES string of the molecule is COc1cc(OC)c(NS(=O)(=O)c2cc(C(=O)Nc3ccc(F)cc3Cl)c(Cl)cc2Cl)cc1Cl. The predicted octanol–water partition coefficient (Wildman–Crippen LogP) is 6.51. The molecule has 0 spiro atoms. The van der Waals surface area contributed by atoms with Crippen LogP contribution in [0, 0.1) is 5.82 Å². The summed E-state index contributed by atoms with van der Waals surface area (Å²) in [6, 6.07) is 8.15. The van der Waals surface area contributed by atoms with Gasteiger partial charge in [0.1, 0.15) is 22.2 Å². The molecule has 0 radical (unpaired) electrons. The molecule has 0 atom stereocenters. The van der Waals surface area contributed by atoms with E-state index in [1.54, 1.807) is 0 Å². The number of anilines is 2. The van der Waals surface area contributed by atoms with Crippen molar-refractivity contribution in [1.82, 2.24) is 0 Å². The second-order valence-electron chi connectivity index (χ2n) is 6.63. The van der Waals surface area contributed by atoms with Gasteiger partial charge in [0, 0.05) is 6.07 Å². The van der Waals surface area contributed by atoms with Crippen LogP contribution in [0.15, 0.2) is 47.4 Å². The zero-order chi connectivity index (χ0) is 25.2. The number of ether oxygens (including phenoxy) is 2. The van der Waals surface area contributed by atoms with E-state index in [4.69, 9.17) is 55.9 Å². The van der Waals surface area contributed by atoms with Gasteiger partial charge in [-0.2, -0.15) is 0 Å². The summed E-state index contributed by atoms with van der Waals surface area (Å²) in [7, 11) is -1.62. The molecule has 180 valence electrons. The number of nitrogens with one attached hydrogen (secondary N) is 2. The van der Waals surface area contributed by atoms with Gasteiger partial charge in [-0.1, -0.05) is 46.4 Å². The molecule has 1 amide bonds. The first-order valence-corrected chi connectivity index (χ1v) is 12.2. The maximum Gasteiger partial charge on any atom is 0.263 e. The highest BCUT2D eigenvalue weighted by molar-refractivity contribution is 7.92. The molecule has 0 aliphatic carbocycles. The topological polar surface area (TPSA) is 93.7 Å². The number of amides is 1. The summed E-state index contributed by atoms with van der Waals surface area (Å²) in [5.74, 6) is -0.999. The van der Waals surface area contributed by atoms with Gasteiger partial charge in [0.05, 0.1) is 51.2 Å². The minimum absolute atomic E-state index is 0.00316. The maximum absolute atomic E-state index is 13.3. The van der Waals surface area contributed by atoms with Gasteiger partial charge in [0.25, 0.3) is 15.9 Å². The Morgan fingerprint density at radius 3 is 2.12 bits per heavy atom. The zero-order valence-corrected chi connectivity index (χ0v) is 21.2. The van der Waals surface area contributed by atoms with Crippen LogP contribution in [0.3, 0.4) is 0 Å². The lowest BCUT2D eigenvalue weighted by molar-refractivity contribution is 0.102. The second-order valence-corrected chi connectivity index (χ2v) is 9.91. The molecular formula is C21H15Cl4FN2O5S. The third-order valence-electron chi connectivity index (χ3n) is 4.45. The smallest absolute Gasteiger partial charge is 0.263 e. The molecule has 13 heteroatoms. The summed E-state index contributed by atoms with van der Waals surface area (Å²) in [5, 5.41) is 2.15. The Morgan fingerprint density at radius 2 is 1.50 bits per heavy atom. The monoisotopic (exact) mass is 566 g/mol. The van der Waals surface area contributed by atoms with Crippen LogP contribution in [0.5, 0.6) is 11.5 Å². The molecule has 0 aliphatic heterocycles. The molecule has 0 saturated carbocycles. The van der Waals surface area contributed by atoms with Crippen molar-refractivity contribution in [1.29, 1.82) is 0 Å². The van der Waals surface area contributed by atoms with Crippen LogP contribution in [-0.2, 0) is 10.0 Å². The van der Waals surface area contributed by atoms with E-state index in [0.29, 0.717) is 0 Å². The Balaban J connectivity index is 1.99. The molecule has 7 nitrogen and oxygen atoms in total. The van der Waals surface area contributed by atoms with Gasteiger partial charge in [-0.05, 0) is 36.4 Å². The fourth-order valence-corrected chi connectivity index (χ4v) is 5.21. The summed E-state index contributed by atoms with van der Waals surface area (Å²) in [6.45, 7) is 0. The highest BCUT2D eigenvalue weighted by Crippen LogP contribution is 2.38. The second kappa shape index (κ2) is 10.5. The van der Waals surface area contributed by atoms with Gasteiger partial charge >= 0.3 is 0 Å². The molecule has 3 rings (SSSR count). The van der Waals surface area contributed by atoms with E-state index in [9.17, 15) is 17.6 Å². The van der Waals surface area contributed by atoms with E-state index >= 15 is 0 Å². The summed E-state index contributed by atoms with van der Waals surface area (Å²) in [6.07, 6.45) is 0. The molecule has 3 aromatic rings. The van der Waals surface area contributed by atoms with Crippen molar-refractivity contribution in [2.24, 2.45) is 0 Å². The minimum atomic E-state index is -4.35. The van der Waals surface area contributed by atoms with Crippen LogP contribution in [0.4, 0.5) is 15.8 Å². The molecule has 0 aliphatic rings. The highest BCUT2D eigenvalue weighted by Gasteiger charge is 2.25. The van der Waals surface area contributed by atoms with E-state index in [2.05, 4.69) is 10.0 Å². The minimum Gasteiger partial charge on any atom is -0.495 e. The van der Waals surface area contributed by atoms with Gasteiger partial charge < -0.3 is 14.8 Å². The number of carbonyl (C=O) groups is 1. The molecule has 0 aromatic heterocycles. The van der Waals surface area contributed by atoms with Crippen LogP contribution in [-0.4, -0.2) is 28.5 Å². The van der Waals surface area contributed by atoms with E-state index in [1.165, 1.54) is 32.4 Å². The summed E-state index contributed by atoms with van der Waals surface area (Å²) < 4.78 is 52.1. The van der Waals surface area contributed by atoms with Gasteiger partial charge in [-0.3, -0.25) is 9.52 Å². The lowest BCUT2D eigenvalue weighted by Crippen LogP contribution is -2.17. The Labute approximate surface area is 214 Å². The molecule has 0 unspecified atom stereocenters. The van der Waals surface area contributed by atoms with Crippen LogP contribution < -0.4 is 19.5 Å². The fourth-order valence-electron chi connectivity index (χ4n) is 2.83. The number of methoxy groups -OCH3 is 2. The van der Waals surface area contributed by atoms with Crippen molar-refractivity contribution < 1.29 is 27.1 Å². The molecule has 0 fully saturated rings. The predicted molar refractivity (Wildman–Crippen MR) is 131 cm³/mol. The van der Waals surface area contributed by atoms with E-state index in [-0.39, 0.29) is 48.5 Å². The van der Waals surface area contributed by atoms with Crippen molar-refractivity contribution in [3.8, 4) is 11.5 Å². The van der Waals surface area contributed by atoms with Crippen molar-refractivity contribution in [2.75, 3.05) is 24.3 Å². The van der Waals surface area contributed by atoms with Gasteiger partial charge in [-0.15, -0.1) is 0 Å². The Morgan fingerprint density at radius 1 is 0.824 bits per heavy atom. The third kappa shape index (κ3) is 5.61. The van der Waals surface area contributed by atoms with Crippen LogP contribution >= 0.6 is 46.4 Å². The van der Waals surface area contributed by atoms with Crippen molar-refractivity contribution in [3.63, 3.8) is 0 Å². The van der Waals surface area contributed by atoms with Crippen LogP contribution in [0.25, 0.3) is 0 Å². The number of hydrogen-bond donors (Lipinski definition) is 2. The molecule has 34 heavy (non-hydrogen) atoms. The highest BCUT2D eigenvalue weighted by atomic mass is 35.5. The molecule has 0 bridgehead atoms. The van der Waals surface area contributed by atoms with Crippen molar-refractivity contribution in [3.05, 3.63) is 73.9 Å². The fraction of sp³-hybridized carbons (Fsp3) is 0.0952. The normalized spacial score (nSPS) is 11.1. The van der Waals surface area contributed by atoms with Crippen molar-refractivity contribution >= 4 is 73.7 Å². The van der Waals surface area contributed by atoms with Gasteiger partial charge in [0.2, 0.25) is 0 Å². The summed E-state index contributed by atoms with van der Waals surface area (Å²) >= 11 is 24.3. The third-order valence-corrected chi connectivity index (χ3v) is 7.20. The van der Waals surface area contributed by atoms with E-state index < -0.39 is 26.6 Å². The lowest BCUT2D eigenvalue weighted by atomic mass is 10.2. The Hall–Kier alpha value is -2.43. The first-order valence-electron chi connectivity index (χ1n) is 9.16. The first kappa shape index (κ1) is 26.2. The lowest BCUT2D eigenvalue weighted by Gasteiger charge is -2.16. The van der Waals surface area contributed by atoms with E-state index in [1.807, 2.05) is 0 Å². The van der Waals surface area contributed by atoms with Gasteiger partial charge in [0.15, 0.2) is 0 Å². The molecule has 0 saturated heterocycles. The number of halogens is 5. The average molecular weight is 568 g/mol. The number of rotatable bonds is 7. The van der Waals surface area contributed by atoms with Crippen LogP contribution in [0.2, 0.25) is 20.1 Å². The number of carbonyl (C=O) groups excluding carboxylic acids is 1. The average Bonchev–Trinajstić information content (AvgIpc) is 2.75. The largest absolute Gasteiger partial charge is 0.495 e. The number of sulfonamides is 1. The maximum atomic E-state index is 13.3. The quantitative estimate of drug-likeness (QED) is 0.339. The Kier molecular flexibility index (Phi) is 8.05.